The molecule has 1 unspecified atom stereocenters. The van der Waals surface area contributed by atoms with E-state index in [9.17, 15) is 4.79 Å². The summed E-state index contributed by atoms with van der Waals surface area (Å²) >= 11 is 0. The van der Waals surface area contributed by atoms with Crippen LogP contribution in [0.15, 0.2) is 30.6 Å². The van der Waals surface area contributed by atoms with Crippen molar-refractivity contribution in [3.8, 4) is 11.4 Å². The number of fused-ring (bicyclic) bond motifs is 1. The molecule has 3 aromatic rings. The number of tetrazole rings is 1. The molecule has 0 fully saturated rings. The number of aliphatic carboxylic acids is 1. The minimum atomic E-state index is -0.995. The summed E-state index contributed by atoms with van der Waals surface area (Å²) in [5, 5.41) is 24.4. The van der Waals surface area contributed by atoms with Crippen molar-refractivity contribution < 1.29 is 9.90 Å². The molecule has 3 heterocycles. The van der Waals surface area contributed by atoms with Crippen molar-refractivity contribution in [2.45, 2.75) is 13.0 Å². The molecule has 3 rings (SSSR count). The summed E-state index contributed by atoms with van der Waals surface area (Å²) in [5.41, 5.74) is 1.51. The fourth-order valence-corrected chi connectivity index (χ4v) is 1.84. The van der Waals surface area contributed by atoms with Crippen molar-refractivity contribution in [2.75, 3.05) is 0 Å². The van der Waals surface area contributed by atoms with Crippen LogP contribution in [0, 0.1) is 0 Å². The van der Waals surface area contributed by atoms with Crippen LogP contribution in [0.5, 0.6) is 0 Å². The van der Waals surface area contributed by atoms with Crippen molar-refractivity contribution in [1.29, 1.82) is 0 Å². The van der Waals surface area contributed by atoms with E-state index in [0.717, 1.165) is 5.52 Å². The number of rotatable bonds is 3. The molecule has 0 bridgehead atoms. The fraction of sp³-hybridized carbons (Fsp3) is 0.182. The second-order valence-electron chi connectivity index (χ2n) is 4.05. The number of aromatic nitrogens is 6. The van der Waals surface area contributed by atoms with Gasteiger partial charge in [0.15, 0.2) is 11.9 Å². The molecule has 0 spiro atoms. The van der Waals surface area contributed by atoms with Crippen LogP contribution >= 0.6 is 0 Å². The van der Waals surface area contributed by atoms with Crippen LogP contribution < -0.4 is 0 Å². The molecule has 1 N–H and O–H groups in total. The van der Waals surface area contributed by atoms with E-state index in [4.69, 9.17) is 5.11 Å². The summed E-state index contributed by atoms with van der Waals surface area (Å²) in [5.74, 6) is -0.610. The Labute approximate surface area is 107 Å². The number of carboxylic acids is 1. The van der Waals surface area contributed by atoms with Gasteiger partial charge in [-0.3, -0.25) is 0 Å². The average Bonchev–Trinajstić information content (AvgIpc) is 3.03. The molecule has 0 aromatic carbocycles. The number of hydrogen-bond acceptors (Lipinski definition) is 5. The van der Waals surface area contributed by atoms with E-state index in [1.807, 2.05) is 18.2 Å². The van der Waals surface area contributed by atoms with Crippen LogP contribution in [-0.4, -0.2) is 40.9 Å². The van der Waals surface area contributed by atoms with E-state index in [1.54, 1.807) is 16.9 Å². The highest BCUT2D eigenvalue weighted by Crippen LogP contribution is 2.23. The Morgan fingerprint density at radius 2 is 2.26 bits per heavy atom. The normalized spacial score (nSPS) is 12.7. The predicted octanol–water partition coefficient (Wildman–Crippen LogP) is 0.633. The first-order valence-corrected chi connectivity index (χ1v) is 5.62. The van der Waals surface area contributed by atoms with E-state index in [2.05, 4.69) is 20.6 Å². The molecule has 96 valence electrons. The lowest BCUT2D eigenvalue weighted by molar-refractivity contribution is -0.140. The lowest BCUT2D eigenvalue weighted by Crippen LogP contribution is -2.18. The smallest absolute Gasteiger partial charge is 0.328 e. The van der Waals surface area contributed by atoms with Gasteiger partial charge in [0.1, 0.15) is 0 Å². The minimum absolute atomic E-state index is 0.385. The fourth-order valence-electron chi connectivity index (χ4n) is 1.84. The van der Waals surface area contributed by atoms with Crippen molar-refractivity contribution >= 4 is 11.5 Å². The van der Waals surface area contributed by atoms with Gasteiger partial charge in [-0.05, 0) is 29.5 Å². The van der Waals surface area contributed by atoms with Gasteiger partial charge in [0.25, 0.3) is 0 Å². The summed E-state index contributed by atoms with van der Waals surface area (Å²) in [4.78, 5) is 11.0. The molecule has 0 amide bonds. The third-order valence-electron chi connectivity index (χ3n) is 2.88. The molecular formula is C11H10N6O2. The third-order valence-corrected chi connectivity index (χ3v) is 2.88. The molecule has 0 saturated carbocycles. The zero-order valence-electron chi connectivity index (χ0n) is 10.0. The number of carboxylic acid groups (broad SMARTS) is 1. The molecule has 19 heavy (non-hydrogen) atoms. The highest BCUT2D eigenvalue weighted by molar-refractivity contribution is 5.77. The Morgan fingerprint density at radius 1 is 1.42 bits per heavy atom. The van der Waals surface area contributed by atoms with E-state index >= 15 is 0 Å². The summed E-state index contributed by atoms with van der Waals surface area (Å²) in [7, 11) is 0. The van der Waals surface area contributed by atoms with Crippen LogP contribution in [0.2, 0.25) is 0 Å². The van der Waals surface area contributed by atoms with E-state index in [0.29, 0.717) is 11.4 Å². The van der Waals surface area contributed by atoms with Gasteiger partial charge < -0.3 is 5.11 Å². The molecule has 0 aliphatic carbocycles. The quantitative estimate of drug-likeness (QED) is 0.740. The first-order chi connectivity index (χ1) is 9.18. The van der Waals surface area contributed by atoms with Crippen molar-refractivity contribution in [3.05, 3.63) is 30.6 Å². The van der Waals surface area contributed by atoms with Gasteiger partial charge >= 0.3 is 5.97 Å². The SMILES string of the molecule is CC(C(=O)O)n1nnnc1-c1cnn2ccccc12. The summed E-state index contributed by atoms with van der Waals surface area (Å²) in [6.45, 7) is 1.52. The van der Waals surface area contributed by atoms with Gasteiger partial charge in [-0.15, -0.1) is 5.10 Å². The van der Waals surface area contributed by atoms with Crippen LogP contribution in [0.4, 0.5) is 0 Å². The van der Waals surface area contributed by atoms with Crippen LogP contribution in [0.25, 0.3) is 16.9 Å². The first kappa shape index (κ1) is 11.3. The molecular weight excluding hydrogens is 248 g/mol. The molecule has 0 aliphatic heterocycles. The van der Waals surface area contributed by atoms with Crippen LogP contribution in [-0.2, 0) is 4.79 Å². The summed E-state index contributed by atoms with van der Waals surface area (Å²) < 4.78 is 2.95. The number of pyridine rings is 1. The topological polar surface area (TPSA) is 98.2 Å². The van der Waals surface area contributed by atoms with E-state index in [1.165, 1.54) is 11.6 Å². The maximum absolute atomic E-state index is 11.0. The highest BCUT2D eigenvalue weighted by Gasteiger charge is 2.22. The standard InChI is InChI=1S/C11H10N6O2/c1-7(11(18)19)17-10(13-14-15-17)8-6-12-16-5-3-2-4-9(8)16/h2-7H,1H3,(H,18,19). The Balaban J connectivity index is 2.18. The van der Waals surface area contributed by atoms with Crippen molar-refractivity contribution in [2.24, 2.45) is 0 Å². The number of nitrogens with zero attached hydrogens (tertiary/aromatic N) is 6. The highest BCUT2D eigenvalue weighted by atomic mass is 16.4. The summed E-state index contributed by atoms with van der Waals surface area (Å²) in [6, 6.07) is 4.75. The predicted molar refractivity (Wildman–Crippen MR) is 64.3 cm³/mol. The minimum Gasteiger partial charge on any atom is -0.480 e. The van der Waals surface area contributed by atoms with E-state index < -0.39 is 12.0 Å². The van der Waals surface area contributed by atoms with Gasteiger partial charge in [0, 0.05) is 6.20 Å². The monoisotopic (exact) mass is 258 g/mol. The molecule has 8 heteroatoms. The second-order valence-corrected chi connectivity index (χ2v) is 4.05. The Hall–Kier alpha value is -2.77. The first-order valence-electron chi connectivity index (χ1n) is 5.62. The van der Waals surface area contributed by atoms with Gasteiger partial charge in [-0.25, -0.2) is 14.0 Å². The molecule has 8 nitrogen and oxygen atoms in total. The molecule has 3 aromatic heterocycles. The van der Waals surface area contributed by atoms with E-state index in [-0.39, 0.29) is 0 Å². The molecule has 0 saturated heterocycles. The van der Waals surface area contributed by atoms with Gasteiger partial charge in [0.2, 0.25) is 0 Å². The average molecular weight is 258 g/mol. The maximum atomic E-state index is 11.0. The lowest BCUT2D eigenvalue weighted by atomic mass is 10.2. The maximum Gasteiger partial charge on any atom is 0.328 e. The van der Waals surface area contributed by atoms with Crippen molar-refractivity contribution in [3.63, 3.8) is 0 Å². The Morgan fingerprint density at radius 3 is 3.05 bits per heavy atom. The zero-order chi connectivity index (χ0) is 13.4. The molecule has 0 radical (unpaired) electrons. The Bertz CT molecular complexity index is 746. The van der Waals surface area contributed by atoms with Crippen LogP contribution in [0.1, 0.15) is 13.0 Å². The molecule has 1 atom stereocenters. The largest absolute Gasteiger partial charge is 0.480 e. The third kappa shape index (κ3) is 1.73. The van der Waals surface area contributed by atoms with Gasteiger partial charge in [-0.1, -0.05) is 6.07 Å². The van der Waals surface area contributed by atoms with Crippen LogP contribution in [0.3, 0.4) is 0 Å². The number of carbonyl (C=O) groups is 1. The zero-order valence-corrected chi connectivity index (χ0v) is 10.0. The second kappa shape index (κ2) is 4.16. The molecule has 0 aliphatic rings. The van der Waals surface area contributed by atoms with Gasteiger partial charge in [-0.2, -0.15) is 5.10 Å². The van der Waals surface area contributed by atoms with Gasteiger partial charge in [0.05, 0.1) is 17.3 Å². The number of hydrogen-bond donors (Lipinski definition) is 1. The Kier molecular flexibility index (Phi) is 2.48. The van der Waals surface area contributed by atoms with Crippen molar-refractivity contribution in [1.82, 2.24) is 29.8 Å². The lowest BCUT2D eigenvalue weighted by Gasteiger charge is -2.07. The summed E-state index contributed by atoms with van der Waals surface area (Å²) in [6.07, 6.45) is 3.42.